The maximum atomic E-state index is 6.17. The number of ether oxygens (including phenoxy) is 1. The molecular formula is C26H39BrN2O. The van der Waals surface area contributed by atoms with E-state index in [1.807, 2.05) is 0 Å². The Balaban J connectivity index is 1.81. The lowest BCUT2D eigenvalue weighted by Gasteiger charge is -2.22. The first-order valence-corrected chi connectivity index (χ1v) is 12.3. The van der Waals surface area contributed by atoms with Gasteiger partial charge in [-0.25, -0.2) is 0 Å². The van der Waals surface area contributed by atoms with Crippen LogP contribution in [0.5, 0.6) is 5.75 Å². The predicted molar refractivity (Wildman–Crippen MR) is 132 cm³/mol. The molecule has 166 valence electrons. The van der Waals surface area contributed by atoms with E-state index in [4.69, 9.17) is 4.74 Å². The molecule has 0 aromatic heterocycles. The van der Waals surface area contributed by atoms with Crippen molar-refractivity contribution in [3.8, 4) is 5.75 Å². The van der Waals surface area contributed by atoms with E-state index in [1.54, 1.807) is 0 Å². The van der Waals surface area contributed by atoms with Crippen LogP contribution in [0.2, 0.25) is 0 Å². The van der Waals surface area contributed by atoms with Crippen LogP contribution in [0.3, 0.4) is 0 Å². The highest BCUT2D eigenvalue weighted by Gasteiger charge is 2.07. The van der Waals surface area contributed by atoms with E-state index in [0.717, 1.165) is 23.3 Å². The molecule has 0 bridgehead atoms. The van der Waals surface area contributed by atoms with Crippen LogP contribution in [-0.2, 0) is 13.2 Å². The van der Waals surface area contributed by atoms with Gasteiger partial charge in [0.2, 0.25) is 0 Å². The Hall–Kier alpha value is -1.36. The minimum Gasteiger partial charge on any atom is -0.489 e. The lowest BCUT2D eigenvalue weighted by molar-refractivity contribution is 0.260. The van der Waals surface area contributed by atoms with Crippen LogP contribution in [0.1, 0.15) is 62.6 Å². The first-order valence-electron chi connectivity index (χ1n) is 11.5. The van der Waals surface area contributed by atoms with E-state index in [-0.39, 0.29) is 0 Å². The first-order chi connectivity index (χ1) is 14.6. The van der Waals surface area contributed by atoms with Crippen molar-refractivity contribution in [3.63, 3.8) is 0 Å². The average Bonchev–Trinajstić information content (AvgIpc) is 2.75. The molecule has 1 N–H and O–H groups in total. The monoisotopic (exact) mass is 474 g/mol. The Kier molecular flexibility index (Phi) is 12.1. The van der Waals surface area contributed by atoms with E-state index >= 15 is 0 Å². The van der Waals surface area contributed by atoms with Gasteiger partial charge in [0.15, 0.2) is 0 Å². The van der Waals surface area contributed by atoms with Crippen LogP contribution >= 0.6 is 15.9 Å². The zero-order valence-electron chi connectivity index (χ0n) is 19.1. The van der Waals surface area contributed by atoms with Crippen LogP contribution < -0.4 is 10.1 Å². The zero-order chi connectivity index (χ0) is 21.6. The Morgan fingerprint density at radius 3 is 2.30 bits per heavy atom. The molecule has 2 rings (SSSR count). The van der Waals surface area contributed by atoms with Gasteiger partial charge in [-0.2, -0.15) is 0 Å². The molecule has 0 aliphatic carbocycles. The molecule has 0 fully saturated rings. The number of halogens is 1. The number of benzene rings is 2. The van der Waals surface area contributed by atoms with E-state index in [9.17, 15) is 0 Å². The molecule has 2 aromatic rings. The number of nitrogens with zero attached hydrogens (tertiary/aromatic N) is 1. The third-order valence-corrected chi connectivity index (χ3v) is 5.96. The summed E-state index contributed by atoms with van der Waals surface area (Å²) in [5.41, 5.74) is 3.70. The van der Waals surface area contributed by atoms with Crippen molar-refractivity contribution in [2.75, 3.05) is 26.2 Å². The molecule has 2 aromatic carbocycles. The smallest absolute Gasteiger partial charge is 0.124 e. The van der Waals surface area contributed by atoms with Crippen molar-refractivity contribution in [2.45, 2.75) is 66.0 Å². The Morgan fingerprint density at radius 2 is 1.60 bits per heavy atom. The highest BCUT2D eigenvalue weighted by molar-refractivity contribution is 9.10. The molecule has 0 heterocycles. The highest BCUT2D eigenvalue weighted by atomic mass is 79.9. The Labute approximate surface area is 192 Å². The van der Waals surface area contributed by atoms with Gasteiger partial charge in [0.1, 0.15) is 12.4 Å². The second-order valence-corrected chi connectivity index (χ2v) is 8.96. The third-order valence-electron chi connectivity index (χ3n) is 5.47. The lowest BCUT2D eigenvalue weighted by Crippen LogP contribution is -2.29. The fourth-order valence-corrected chi connectivity index (χ4v) is 3.91. The van der Waals surface area contributed by atoms with Gasteiger partial charge in [0.05, 0.1) is 0 Å². The molecule has 0 aliphatic heterocycles. The molecule has 0 amide bonds. The quantitative estimate of drug-likeness (QED) is 0.290. The molecule has 0 aliphatic rings. The van der Waals surface area contributed by atoms with Gasteiger partial charge in [-0.3, -0.25) is 0 Å². The minimum absolute atomic E-state index is 0.602. The van der Waals surface area contributed by atoms with Gasteiger partial charge >= 0.3 is 0 Å². The van der Waals surface area contributed by atoms with E-state index in [2.05, 4.69) is 89.4 Å². The fourth-order valence-electron chi connectivity index (χ4n) is 3.50. The highest BCUT2D eigenvalue weighted by Crippen LogP contribution is 2.24. The van der Waals surface area contributed by atoms with Gasteiger partial charge in [0.25, 0.3) is 0 Å². The van der Waals surface area contributed by atoms with Crippen molar-refractivity contribution < 1.29 is 4.74 Å². The summed E-state index contributed by atoms with van der Waals surface area (Å²) in [5.74, 6) is 0.960. The number of unbranched alkanes of at least 4 members (excludes halogenated alkanes) is 2. The predicted octanol–water partition coefficient (Wildman–Crippen LogP) is 6.72. The van der Waals surface area contributed by atoms with E-state index in [0.29, 0.717) is 6.61 Å². The van der Waals surface area contributed by atoms with Gasteiger partial charge in [-0.1, -0.05) is 66.9 Å². The van der Waals surface area contributed by atoms with Crippen molar-refractivity contribution in [1.29, 1.82) is 0 Å². The van der Waals surface area contributed by atoms with Crippen molar-refractivity contribution in [3.05, 3.63) is 63.6 Å². The normalized spacial score (nSPS) is 11.2. The van der Waals surface area contributed by atoms with Crippen LogP contribution in [0.4, 0.5) is 0 Å². The molecular weight excluding hydrogens is 436 g/mol. The van der Waals surface area contributed by atoms with E-state index in [1.165, 1.54) is 68.4 Å². The largest absolute Gasteiger partial charge is 0.489 e. The fraction of sp³-hybridized carbons (Fsp3) is 0.538. The third kappa shape index (κ3) is 9.20. The van der Waals surface area contributed by atoms with Crippen LogP contribution in [0.25, 0.3) is 0 Å². The summed E-state index contributed by atoms with van der Waals surface area (Å²) in [6, 6.07) is 14.7. The minimum atomic E-state index is 0.602. The molecule has 0 saturated heterocycles. The second kappa shape index (κ2) is 14.6. The number of hydrogen-bond acceptors (Lipinski definition) is 3. The molecule has 0 saturated carbocycles. The molecule has 0 atom stereocenters. The summed E-state index contributed by atoms with van der Waals surface area (Å²) >= 11 is 3.60. The summed E-state index contributed by atoms with van der Waals surface area (Å²) in [7, 11) is 0. The topological polar surface area (TPSA) is 24.5 Å². The molecule has 3 nitrogen and oxygen atoms in total. The van der Waals surface area contributed by atoms with Crippen LogP contribution in [0, 0.1) is 6.92 Å². The zero-order valence-corrected chi connectivity index (χ0v) is 20.6. The Bertz CT molecular complexity index is 727. The number of hydrogen-bond donors (Lipinski definition) is 1. The molecule has 0 radical (unpaired) electrons. The number of rotatable bonds is 15. The van der Waals surface area contributed by atoms with Crippen molar-refractivity contribution in [2.24, 2.45) is 0 Å². The Morgan fingerprint density at radius 1 is 0.900 bits per heavy atom. The molecule has 0 spiro atoms. The number of nitrogens with one attached hydrogen (secondary N) is 1. The summed E-state index contributed by atoms with van der Waals surface area (Å²) in [6.45, 7) is 12.8. The maximum absolute atomic E-state index is 6.17. The van der Waals surface area contributed by atoms with Crippen molar-refractivity contribution >= 4 is 15.9 Å². The van der Waals surface area contributed by atoms with Crippen molar-refractivity contribution in [1.82, 2.24) is 10.2 Å². The molecule has 0 unspecified atom stereocenters. The van der Waals surface area contributed by atoms with Crippen LogP contribution in [-0.4, -0.2) is 31.1 Å². The maximum Gasteiger partial charge on any atom is 0.124 e. The van der Waals surface area contributed by atoms with Gasteiger partial charge in [0, 0.05) is 16.6 Å². The summed E-state index contributed by atoms with van der Waals surface area (Å²) in [5, 5.41) is 3.62. The van der Waals surface area contributed by atoms with Gasteiger partial charge in [-0.15, -0.1) is 0 Å². The van der Waals surface area contributed by atoms with Gasteiger partial charge in [-0.05, 0) is 81.7 Å². The van der Waals surface area contributed by atoms with Crippen LogP contribution in [0.15, 0.2) is 46.9 Å². The number of aryl methyl sites for hydroxylation is 1. The lowest BCUT2D eigenvalue weighted by atomic mass is 10.1. The van der Waals surface area contributed by atoms with Gasteiger partial charge < -0.3 is 15.0 Å². The SMILES string of the molecule is CCCCN(CCCC)CCCNCc1cc(Br)ccc1OCc1ccccc1C. The molecule has 30 heavy (non-hydrogen) atoms. The summed E-state index contributed by atoms with van der Waals surface area (Å²) in [4.78, 5) is 2.63. The summed E-state index contributed by atoms with van der Waals surface area (Å²) in [6.07, 6.45) is 6.33. The van der Waals surface area contributed by atoms with E-state index < -0.39 is 0 Å². The average molecular weight is 476 g/mol. The first kappa shape index (κ1) is 24.9. The standard InChI is InChI=1S/C26H39BrN2O/c1-4-6-16-29(17-7-5-2)18-10-15-28-20-24-19-25(27)13-14-26(24)30-21-23-12-9-8-11-22(23)3/h8-9,11-14,19,28H,4-7,10,15-18,20-21H2,1-3H3. The second-order valence-electron chi connectivity index (χ2n) is 8.05. The molecule has 4 heteroatoms. The summed E-state index contributed by atoms with van der Waals surface area (Å²) < 4.78 is 7.26.